The predicted octanol–water partition coefficient (Wildman–Crippen LogP) is -1.30. The second-order valence-corrected chi connectivity index (χ2v) is 3.25. The third-order valence-electron chi connectivity index (χ3n) is 2.20. The highest BCUT2D eigenvalue weighted by atomic mass is 16.5. The number of nitrogens with zero attached hydrogens (tertiary/aromatic N) is 1. The smallest absolute Gasteiger partial charge is 0.202 e. The van der Waals surface area contributed by atoms with Crippen molar-refractivity contribution in [1.82, 2.24) is 15.6 Å². The van der Waals surface area contributed by atoms with E-state index in [-0.39, 0.29) is 5.96 Å². The van der Waals surface area contributed by atoms with E-state index >= 15 is 0 Å². The molecule has 0 aliphatic carbocycles. The van der Waals surface area contributed by atoms with Gasteiger partial charge in [0.2, 0.25) is 5.96 Å². The number of nitrogens with one attached hydrogen (secondary N) is 3. The highest BCUT2D eigenvalue weighted by Gasteiger charge is 2.08. The number of nitrogens with two attached hydrogens (primary N) is 1. The molecule has 0 spiro atoms. The molecular formula is C8H19N5O. The Morgan fingerprint density at radius 1 is 1.43 bits per heavy atom. The molecule has 0 bridgehead atoms. The van der Waals surface area contributed by atoms with Crippen LogP contribution in [0.3, 0.4) is 0 Å². The first-order chi connectivity index (χ1) is 6.83. The van der Waals surface area contributed by atoms with Gasteiger partial charge in [-0.25, -0.2) is 5.84 Å². The maximum absolute atomic E-state index is 7.18. The summed E-state index contributed by atoms with van der Waals surface area (Å²) in [7, 11) is 0. The molecule has 1 heterocycles. The Labute approximate surface area is 84.3 Å². The van der Waals surface area contributed by atoms with E-state index in [1.165, 1.54) is 0 Å². The molecule has 1 aliphatic heterocycles. The number of ether oxygens (including phenoxy) is 1. The van der Waals surface area contributed by atoms with Crippen LogP contribution in [-0.4, -0.2) is 50.3 Å². The molecule has 0 unspecified atom stereocenters. The van der Waals surface area contributed by atoms with E-state index in [1.54, 1.807) is 0 Å². The number of rotatable bonds is 4. The first-order valence-electron chi connectivity index (χ1n) is 4.92. The van der Waals surface area contributed by atoms with Crippen LogP contribution in [0.4, 0.5) is 0 Å². The van der Waals surface area contributed by atoms with E-state index in [4.69, 9.17) is 16.0 Å². The number of hydrogen-bond donors (Lipinski definition) is 4. The second kappa shape index (κ2) is 6.58. The number of guanidine groups is 1. The summed E-state index contributed by atoms with van der Waals surface area (Å²) in [4.78, 5) is 2.37. The molecule has 0 amide bonds. The summed E-state index contributed by atoms with van der Waals surface area (Å²) in [6.07, 6.45) is 1.02. The lowest BCUT2D eigenvalue weighted by atomic mass is 10.3. The minimum Gasteiger partial charge on any atom is -0.379 e. The Morgan fingerprint density at radius 3 is 2.79 bits per heavy atom. The predicted molar refractivity (Wildman–Crippen MR) is 54.9 cm³/mol. The molecule has 0 radical (unpaired) electrons. The molecule has 5 N–H and O–H groups in total. The third kappa shape index (κ3) is 4.40. The normalized spacial score (nSPS) is 17.8. The fraction of sp³-hybridized carbons (Fsp3) is 0.875. The van der Waals surface area contributed by atoms with Gasteiger partial charge in [0.15, 0.2) is 0 Å². The van der Waals surface area contributed by atoms with Crippen LogP contribution in [0.2, 0.25) is 0 Å². The van der Waals surface area contributed by atoms with Crippen molar-refractivity contribution in [3.8, 4) is 0 Å². The van der Waals surface area contributed by atoms with Crippen LogP contribution in [0, 0.1) is 5.41 Å². The van der Waals surface area contributed by atoms with Crippen LogP contribution in [-0.2, 0) is 4.74 Å². The summed E-state index contributed by atoms with van der Waals surface area (Å²) in [5.41, 5.74) is 2.24. The van der Waals surface area contributed by atoms with Gasteiger partial charge < -0.3 is 10.1 Å². The minimum atomic E-state index is 0.173. The summed E-state index contributed by atoms with van der Waals surface area (Å²) < 4.78 is 5.24. The number of hydrogen-bond acceptors (Lipinski definition) is 4. The fourth-order valence-electron chi connectivity index (χ4n) is 1.39. The third-order valence-corrected chi connectivity index (χ3v) is 2.20. The van der Waals surface area contributed by atoms with E-state index in [0.29, 0.717) is 0 Å². The Bertz CT molecular complexity index is 169. The quantitative estimate of drug-likeness (QED) is 0.149. The highest BCUT2D eigenvalue weighted by molar-refractivity contribution is 5.75. The van der Waals surface area contributed by atoms with E-state index < -0.39 is 0 Å². The van der Waals surface area contributed by atoms with E-state index in [1.807, 2.05) is 0 Å². The Hall–Kier alpha value is -0.850. The molecule has 0 aromatic rings. The zero-order valence-electron chi connectivity index (χ0n) is 8.38. The van der Waals surface area contributed by atoms with Crippen molar-refractivity contribution in [2.45, 2.75) is 6.42 Å². The number of morpholine rings is 1. The summed E-state index contributed by atoms with van der Waals surface area (Å²) in [6, 6.07) is 0. The molecule has 1 fully saturated rings. The molecule has 0 saturated carbocycles. The highest BCUT2D eigenvalue weighted by Crippen LogP contribution is 1.96. The standard InChI is InChI=1S/C8H19N5O/c9-8(12-10)11-2-1-3-13-4-6-14-7-5-13/h1-7,10H2,(H3,9,11,12). The van der Waals surface area contributed by atoms with Crippen LogP contribution >= 0.6 is 0 Å². The largest absolute Gasteiger partial charge is 0.379 e. The SMILES string of the molecule is N=C(NN)NCCCN1CCOCC1. The molecular weight excluding hydrogens is 182 g/mol. The lowest BCUT2D eigenvalue weighted by Gasteiger charge is -2.26. The first kappa shape index (κ1) is 11.2. The van der Waals surface area contributed by atoms with Gasteiger partial charge in [-0.15, -0.1) is 0 Å². The summed E-state index contributed by atoms with van der Waals surface area (Å²) in [5.74, 6) is 5.21. The Kier molecular flexibility index (Phi) is 5.28. The van der Waals surface area contributed by atoms with E-state index in [2.05, 4.69) is 15.6 Å². The summed E-state index contributed by atoms with van der Waals surface area (Å²) in [5, 5.41) is 10.0. The van der Waals surface area contributed by atoms with Gasteiger partial charge in [0.05, 0.1) is 13.2 Å². The summed E-state index contributed by atoms with van der Waals surface area (Å²) in [6.45, 7) is 5.55. The van der Waals surface area contributed by atoms with Crippen molar-refractivity contribution >= 4 is 5.96 Å². The zero-order chi connectivity index (χ0) is 10.2. The van der Waals surface area contributed by atoms with Crippen molar-refractivity contribution < 1.29 is 4.74 Å². The van der Waals surface area contributed by atoms with Gasteiger partial charge in [-0.1, -0.05) is 0 Å². The van der Waals surface area contributed by atoms with E-state index in [9.17, 15) is 0 Å². The van der Waals surface area contributed by atoms with Gasteiger partial charge in [-0.3, -0.25) is 15.7 Å². The fourth-order valence-corrected chi connectivity index (χ4v) is 1.39. The molecule has 14 heavy (non-hydrogen) atoms. The van der Waals surface area contributed by atoms with E-state index in [0.717, 1.165) is 45.8 Å². The molecule has 6 heteroatoms. The molecule has 0 aromatic heterocycles. The molecule has 0 atom stereocenters. The van der Waals surface area contributed by atoms with Gasteiger partial charge in [0.25, 0.3) is 0 Å². The number of hydrazine groups is 1. The van der Waals surface area contributed by atoms with Crippen molar-refractivity contribution in [3.05, 3.63) is 0 Å². The molecule has 82 valence electrons. The summed E-state index contributed by atoms with van der Waals surface area (Å²) >= 11 is 0. The molecule has 1 aliphatic rings. The minimum absolute atomic E-state index is 0.173. The molecule has 1 rings (SSSR count). The van der Waals surface area contributed by atoms with Crippen molar-refractivity contribution in [2.24, 2.45) is 5.84 Å². The van der Waals surface area contributed by atoms with Gasteiger partial charge in [-0.2, -0.15) is 0 Å². The van der Waals surface area contributed by atoms with Gasteiger partial charge in [0, 0.05) is 19.6 Å². The van der Waals surface area contributed by atoms with Crippen LogP contribution in [0.15, 0.2) is 0 Å². The lowest BCUT2D eigenvalue weighted by Crippen LogP contribution is -2.42. The van der Waals surface area contributed by atoms with Crippen molar-refractivity contribution in [1.29, 1.82) is 5.41 Å². The van der Waals surface area contributed by atoms with Crippen LogP contribution in [0.5, 0.6) is 0 Å². The maximum atomic E-state index is 7.18. The van der Waals surface area contributed by atoms with Crippen molar-refractivity contribution in [2.75, 3.05) is 39.4 Å². The van der Waals surface area contributed by atoms with Crippen LogP contribution < -0.4 is 16.6 Å². The van der Waals surface area contributed by atoms with Crippen LogP contribution in [0.1, 0.15) is 6.42 Å². The molecule has 0 aromatic carbocycles. The lowest BCUT2D eigenvalue weighted by molar-refractivity contribution is 0.0376. The van der Waals surface area contributed by atoms with Gasteiger partial charge >= 0.3 is 0 Å². The average Bonchev–Trinajstić information content (AvgIpc) is 2.25. The second-order valence-electron chi connectivity index (χ2n) is 3.25. The van der Waals surface area contributed by atoms with Gasteiger partial charge in [-0.05, 0) is 13.0 Å². The maximum Gasteiger partial charge on any atom is 0.202 e. The first-order valence-corrected chi connectivity index (χ1v) is 4.92. The zero-order valence-corrected chi connectivity index (χ0v) is 8.38. The van der Waals surface area contributed by atoms with Gasteiger partial charge in [0.1, 0.15) is 0 Å². The monoisotopic (exact) mass is 201 g/mol. The average molecular weight is 201 g/mol. The Morgan fingerprint density at radius 2 is 2.14 bits per heavy atom. The van der Waals surface area contributed by atoms with Crippen LogP contribution in [0.25, 0.3) is 0 Å². The molecule has 1 saturated heterocycles. The van der Waals surface area contributed by atoms with Crippen molar-refractivity contribution in [3.63, 3.8) is 0 Å². The topological polar surface area (TPSA) is 86.4 Å². The molecule has 6 nitrogen and oxygen atoms in total. The Balaban J connectivity index is 1.94.